The average Bonchev–Trinajstić information content (AvgIpc) is 2.35. The van der Waals surface area contributed by atoms with Gasteiger partial charge in [0.2, 0.25) is 0 Å². The molecule has 0 spiro atoms. The van der Waals surface area contributed by atoms with Crippen molar-refractivity contribution in [3.8, 4) is 0 Å². The molecule has 0 aliphatic heterocycles. The van der Waals surface area contributed by atoms with Gasteiger partial charge in [0.25, 0.3) is 0 Å². The number of rotatable bonds is 3. The molecule has 2 aromatic carbocycles. The van der Waals surface area contributed by atoms with Crippen LogP contribution in [0.1, 0.15) is 16.0 Å². The zero-order valence-electron chi connectivity index (χ0n) is 9.34. The van der Waals surface area contributed by atoms with Crippen molar-refractivity contribution in [3.63, 3.8) is 0 Å². The number of benzene rings is 2. The third kappa shape index (κ3) is 3.09. The molecule has 0 aliphatic rings. The lowest BCUT2D eigenvalue weighted by atomic mass is 10.0. The van der Waals surface area contributed by atoms with Crippen molar-refractivity contribution in [2.45, 2.75) is 11.2 Å². The predicted molar refractivity (Wildman–Crippen MR) is 80.9 cm³/mol. The highest BCUT2D eigenvalue weighted by molar-refractivity contribution is 14.1. The average molecular weight is 423 g/mol. The van der Waals surface area contributed by atoms with Gasteiger partial charge < -0.3 is 0 Å². The van der Waals surface area contributed by atoms with E-state index in [9.17, 15) is 8.78 Å². The summed E-state index contributed by atoms with van der Waals surface area (Å²) < 4.78 is 27.8. The Bertz CT molecular complexity index is 557. The van der Waals surface area contributed by atoms with Crippen LogP contribution in [0.2, 0.25) is 0 Å². The third-order valence-corrected chi connectivity index (χ3v) is 4.47. The van der Waals surface area contributed by atoms with Crippen LogP contribution in [0.5, 0.6) is 0 Å². The summed E-state index contributed by atoms with van der Waals surface area (Å²) in [4.78, 5) is -0.0260. The second-order valence-corrected chi connectivity index (χ2v) is 6.17. The molecule has 0 saturated heterocycles. The Kier molecular flexibility index (Phi) is 4.72. The number of hydrogen-bond acceptors (Lipinski definition) is 0. The molecule has 0 nitrogen and oxygen atoms in total. The van der Waals surface area contributed by atoms with Crippen LogP contribution in [-0.4, -0.2) is 0 Å². The number of alkyl halides is 1. The smallest absolute Gasteiger partial charge is 0.162 e. The second kappa shape index (κ2) is 6.10. The molecule has 0 saturated carbocycles. The summed E-state index contributed by atoms with van der Waals surface area (Å²) >= 11 is 5.77. The van der Waals surface area contributed by atoms with Crippen molar-refractivity contribution in [2.24, 2.45) is 0 Å². The Hall–Kier alpha value is -0.490. The Morgan fingerprint density at radius 3 is 2.50 bits per heavy atom. The van der Waals surface area contributed by atoms with Gasteiger partial charge in [-0.15, -0.1) is 0 Å². The van der Waals surface area contributed by atoms with E-state index < -0.39 is 11.6 Å². The van der Waals surface area contributed by atoms with Crippen molar-refractivity contribution in [1.29, 1.82) is 0 Å². The molecule has 4 heteroatoms. The zero-order valence-corrected chi connectivity index (χ0v) is 13.1. The van der Waals surface area contributed by atoms with Gasteiger partial charge >= 0.3 is 0 Å². The second-order valence-electron chi connectivity index (χ2n) is 3.91. The van der Waals surface area contributed by atoms with Crippen LogP contribution in [0.3, 0.4) is 0 Å². The first-order chi connectivity index (χ1) is 8.59. The van der Waals surface area contributed by atoms with Gasteiger partial charge in [0.15, 0.2) is 11.6 Å². The molecule has 1 unspecified atom stereocenters. The molecule has 0 aliphatic carbocycles. The molecule has 0 amide bonds. The summed E-state index contributed by atoms with van der Waals surface area (Å²) in [5.74, 6) is -1.55. The molecule has 0 heterocycles. The highest BCUT2D eigenvalue weighted by Crippen LogP contribution is 2.31. The zero-order chi connectivity index (χ0) is 13.1. The normalized spacial score (nSPS) is 12.4. The summed E-state index contributed by atoms with van der Waals surface area (Å²) in [6, 6.07) is 12.1. The molecule has 0 bridgehead atoms. The number of halogens is 4. The van der Waals surface area contributed by atoms with Crippen LogP contribution < -0.4 is 0 Å². The topological polar surface area (TPSA) is 0 Å². The van der Waals surface area contributed by atoms with Crippen LogP contribution in [-0.2, 0) is 6.42 Å². The fourth-order valence-corrected chi connectivity index (χ4v) is 3.68. The van der Waals surface area contributed by atoms with Gasteiger partial charge in [-0.05, 0) is 52.3 Å². The summed E-state index contributed by atoms with van der Waals surface area (Å²) in [6.45, 7) is 0. The monoisotopic (exact) mass is 422 g/mol. The fourth-order valence-electron chi connectivity index (χ4n) is 1.74. The molecule has 2 aromatic rings. The molecule has 94 valence electrons. The van der Waals surface area contributed by atoms with Crippen LogP contribution in [0.4, 0.5) is 8.78 Å². The lowest BCUT2D eigenvalue weighted by molar-refractivity contribution is 0.498. The van der Waals surface area contributed by atoms with E-state index in [-0.39, 0.29) is 4.83 Å². The van der Waals surface area contributed by atoms with E-state index >= 15 is 0 Å². The Labute approximate surface area is 127 Å². The van der Waals surface area contributed by atoms with Gasteiger partial charge in [0, 0.05) is 8.40 Å². The lowest BCUT2D eigenvalue weighted by Gasteiger charge is -2.13. The summed E-state index contributed by atoms with van der Waals surface area (Å²) in [5.41, 5.74) is 1.47. The first-order valence-electron chi connectivity index (χ1n) is 5.41. The van der Waals surface area contributed by atoms with Gasteiger partial charge in [-0.1, -0.05) is 46.3 Å². The Morgan fingerprint density at radius 2 is 1.78 bits per heavy atom. The van der Waals surface area contributed by atoms with Crippen LogP contribution in [0, 0.1) is 15.2 Å². The van der Waals surface area contributed by atoms with E-state index in [1.165, 1.54) is 6.07 Å². The van der Waals surface area contributed by atoms with Crippen molar-refractivity contribution >= 4 is 38.5 Å². The van der Waals surface area contributed by atoms with Crippen LogP contribution >= 0.6 is 38.5 Å². The minimum absolute atomic E-state index is 0.0260. The minimum Gasteiger partial charge on any atom is -0.204 e. The summed E-state index contributed by atoms with van der Waals surface area (Å²) in [7, 11) is 0. The Morgan fingerprint density at radius 1 is 1.06 bits per heavy atom. The predicted octanol–water partition coefficient (Wildman–Crippen LogP) is 5.25. The van der Waals surface area contributed by atoms with Crippen molar-refractivity contribution in [2.75, 3.05) is 0 Å². The number of hydrogen-bond donors (Lipinski definition) is 0. The lowest BCUT2D eigenvalue weighted by Crippen LogP contribution is -2.01. The largest absolute Gasteiger partial charge is 0.204 e. The fraction of sp³-hybridized carbons (Fsp3) is 0.143. The minimum atomic E-state index is -0.796. The van der Waals surface area contributed by atoms with Crippen LogP contribution in [0.25, 0.3) is 0 Å². The van der Waals surface area contributed by atoms with E-state index in [0.717, 1.165) is 15.2 Å². The van der Waals surface area contributed by atoms with Crippen molar-refractivity contribution in [1.82, 2.24) is 0 Å². The molecule has 2 rings (SSSR count). The third-order valence-electron chi connectivity index (χ3n) is 2.67. The van der Waals surface area contributed by atoms with Gasteiger partial charge in [-0.3, -0.25) is 0 Å². The molecular weight excluding hydrogens is 413 g/mol. The Balaban J connectivity index is 2.24. The molecule has 1 atom stereocenters. The van der Waals surface area contributed by atoms with Crippen molar-refractivity contribution < 1.29 is 8.78 Å². The SMILES string of the molecule is Fc1cccc(CC(Br)c2ccccc2I)c1F. The van der Waals surface area contributed by atoms with E-state index in [4.69, 9.17) is 0 Å². The maximum absolute atomic E-state index is 13.6. The van der Waals surface area contributed by atoms with E-state index in [0.29, 0.717) is 12.0 Å². The van der Waals surface area contributed by atoms with E-state index in [2.05, 4.69) is 38.5 Å². The molecule has 18 heavy (non-hydrogen) atoms. The van der Waals surface area contributed by atoms with E-state index in [1.807, 2.05) is 24.3 Å². The van der Waals surface area contributed by atoms with Gasteiger partial charge in [0.1, 0.15) is 0 Å². The molecule has 0 fully saturated rings. The molecule has 0 aromatic heterocycles. The highest BCUT2D eigenvalue weighted by Gasteiger charge is 2.15. The molecule has 0 radical (unpaired) electrons. The van der Waals surface area contributed by atoms with Gasteiger partial charge in [-0.25, -0.2) is 8.78 Å². The standard InChI is InChI=1S/C14H10BrF2I/c15-11(10-5-1-2-7-13(10)18)8-9-4-3-6-12(16)14(9)17/h1-7,11H,8H2. The highest BCUT2D eigenvalue weighted by atomic mass is 127. The van der Waals surface area contributed by atoms with Gasteiger partial charge in [0.05, 0.1) is 0 Å². The first kappa shape index (κ1) is 13.9. The maximum atomic E-state index is 13.6. The summed E-state index contributed by atoms with van der Waals surface area (Å²) in [6.07, 6.45) is 0.420. The summed E-state index contributed by atoms with van der Waals surface area (Å²) in [5, 5.41) is 0. The quantitative estimate of drug-likeness (QED) is 0.468. The maximum Gasteiger partial charge on any atom is 0.162 e. The first-order valence-corrected chi connectivity index (χ1v) is 7.40. The van der Waals surface area contributed by atoms with Gasteiger partial charge in [-0.2, -0.15) is 0 Å². The van der Waals surface area contributed by atoms with Crippen molar-refractivity contribution in [3.05, 3.63) is 68.8 Å². The molecule has 0 N–H and O–H groups in total. The molecular formula is C14H10BrF2I. The van der Waals surface area contributed by atoms with E-state index in [1.54, 1.807) is 6.07 Å². The van der Waals surface area contributed by atoms with Crippen LogP contribution in [0.15, 0.2) is 42.5 Å².